The molecule has 1 amide bonds. The number of nitrogens with one attached hydrogen (secondary N) is 2. The molecule has 4 heterocycles. The Morgan fingerprint density at radius 2 is 2.06 bits per heavy atom. The van der Waals surface area contributed by atoms with E-state index in [0.717, 1.165) is 27.7 Å². The van der Waals surface area contributed by atoms with E-state index in [1.807, 2.05) is 40.7 Å². The molecule has 0 spiro atoms. The Morgan fingerprint density at radius 1 is 1.31 bits per heavy atom. The number of aliphatic hydroxyl groups excluding tert-OH is 1. The van der Waals surface area contributed by atoms with Gasteiger partial charge in [0.1, 0.15) is 23.3 Å². The first-order valence-corrected chi connectivity index (χ1v) is 12.8. The zero-order valence-electron chi connectivity index (χ0n) is 21.2. The van der Waals surface area contributed by atoms with Crippen molar-refractivity contribution < 1.29 is 19.0 Å². The minimum atomic E-state index is -0.984. The summed E-state index contributed by atoms with van der Waals surface area (Å²) in [7, 11) is 0. The molecular weight excluding hydrogens is 483 g/mol. The van der Waals surface area contributed by atoms with Gasteiger partial charge < -0.3 is 20.1 Å². The number of rotatable bonds is 8. The van der Waals surface area contributed by atoms with Gasteiger partial charge in [0.15, 0.2) is 0 Å². The van der Waals surface area contributed by atoms with Gasteiger partial charge in [-0.3, -0.25) is 10.3 Å². The van der Waals surface area contributed by atoms with Gasteiger partial charge in [0.25, 0.3) is 0 Å². The predicted molar refractivity (Wildman–Crippen MR) is 137 cm³/mol. The quantitative estimate of drug-likeness (QED) is 0.374. The number of thiophene rings is 1. The van der Waals surface area contributed by atoms with E-state index < -0.39 is 17.6 Å². The highest BCUT2D eigenvalue weighted by atomic mass is 32.1. The van der Waals surface area contributed by atoms with Crippen molar-refractivity contribution in [3.8, 4) is 0 Å². The van der Waals surface area contributed by atoms with E-state index in [1.165, 1.54) is 17.4 Å². The monoisotopic (exact) mass is 516 g/mol. The van der Waals surface area contributed by atoms with E-state index in [9.17, 15) is 14.3 Å². The molecule has 3 N–H and O–H groups in total. The molecule has 2 atom stereocenters. The number of likely N-dealkylation sites (tertiary alicyclic amines) is 1. The summed E-state index contributed by atoms with van der Waals surface area (Å²) in [6.07, 6.45) is 2.29. The maximum absolute atomic E-state index is 13.6. The van der Waals surface area contributed by atoms with Crippen molar-refractivity contribution in [2.24, 2.45) is 5.92 Å². The summed E-state index contributed by atoms with van der Waals surface area (Å²) in [4.78, 5) is 27.9. The number of aryl methyl sites for hydroxylation is 1. The normalized spacial score (nSPS) is 16.0. The van der Waals surface area contributed by atoms with Gasteiger partial charge in [-0.25, -0.2) is 19.2 Å². The van der Waals surface area contributed by atoms with Crippen LogP contribution in [0.1, 0.15) is 62.5 Å². The number of anilines is 1. The highest BCUT2D eigenvalue weighted by Crippen LogP contribution is 2.31. The van der Waals surface area contributed by atoms with Gasteiger partial charge in [-0.1, -0.05) is 0 Å². The largest absolute Gasteiger partial charge is 0.444 e. The second kappa shape index (κ2) is 10.6. The fraction of sp³-hybridized carbons (Fsp3) is 0.520. The molecule has 2 unspecified atom stereocenters. The lowest BCUT2D eigenvalue weighted by atomic mass is 9.97. The van der Waals surface area contributed by atoms with Gasteiger partial charge in [0.05, 0.1) is 22.5 Å². The molecule has 1 aliphatic heterocycles. The Morgan fingerprint density at radius 3 is 2.75 bits per heavy atom. The van der Waals surface area contributed by atoms with Crippen molar-refractivity contribution in [1.82, 2.24) is 25.2 Å². The highest BCUT2D eigenvalue weighted by molar-refractivity contribution is 7.19. The zero-order chi connectivity index (χ0) is 26.0. The number of amides is 1. The molecule has 194 valence electrons. The van der Waals surface area contributed by atoms with Gasteiger partial charge in [-0.2, -0.15) is 0 Å². The second-order valence-electron chi connectivity index (χ2n) is 10.2. The lowest BCUT2D eigenvalue weighted by molar-refractivity contribution is -0.00270. The van der Waals surface area contributed by atoms with Crippen LogP contribution in [0, 0.1) is 18.7 Å². The van der Waals surface area contributed by atoms with Crippen LogP contribution in [0.15, 0.2) is 24.5 Å². The molecule has 3 aromatic heterocycles. The maximum atomic E-state index is 13.6. The molecule has 0 aliphatic carbocycles. The minimum Gasteiger partial charge on any atom is -0.444 e. The molecule has 9 nitrogen and oxygen atoms in total. The molecule has 0 aromatic carbocycles. The summed E-state index contributed by atoms with van der Waals surface area (Å²) in [6.45, 7) is 11.3. The zero-order valence-corrected chi connectivity index (χ0v) is 22.0. The maximum Gasteiger partial charge on any atom is 0.410 e. The third-order valence-electron chi connectivity index (χ3n) is 5.85. The van der Waals surface area contributed by atoms with Crippen LogP contribution in [0.2, 0.25) is 0 Å². The van der Waals surface area contributed by atoms with Gasteiger partial charge >= 0.3 is 6.09 Å². The number of hydrogen-bond donors (Lipinski definition) is 3. The van der Waals surface area contributed by atoms with Gasteiger partial charge in [-0.05, 0) is 71.2 Å². The van der Waals surface area contributed by atoms with Crippen LogP contribution in [0.25, 0.3) is 10.2 Å². The topological polar surface area (TPSA) is 113 Å². The van der Waals surface area contributed by atoms with Crippen LogP contribution in [0.4, 0.5) is 15.1 Å². The predicted octanol–water partition coefficient (Wildman–Crippen LogP) is 4.54. The first-order valence-electron chi connectivity index (χ1n) is 12.0. The van der Waals surface area contributed by atoms with Crippen molar-refractivity contribution in [2.75, 3.05) is 25.0 Å². The molecule has 3 aromatic rings. The Kier molecular flexibility index (Phi) is 7.72. The summed E-state index contributed by atoms with van der Waals surface area (Å²) in [5.41, 5.74) is 1.40. The van der Waals surface area contributed by atoms with Crippen LogP contribution in [0.5, 0.6) is 0 Å². The molecule has 1 fully saturated rings. The summed E-state index contributed by atoms with van der Waals surface area (Å²) >= 11 is 1.53. The summed E-state index contributed by atoms with van der Waals surface area (Å²) < 4.78 is 19.8. The first-order chi connectivity index (χ1) is 17.0. The number of hydrogen-bond acceptors (Lipinski definition) is 9. The van der Waals surface area contributed by atoms with Crippen molar-refractivity contribution in [1.29, 1.82) is 0 Å². The molecular formula is C25H33FN6O3S. The van der Waals surface area contributed by atoms with E-state index in [2.05, 4.69) is 25.6 Å². The number of carbonyl (C=O) groups excluding carboxylic acids is 1. The smallest absolute Gasteiger partial charge is 0.410 e. The van der Waals surface area contributed by atoms with Gasteiger partial charge in [0.2, 0.25) is 5.95 Å². The number of fused-ring (bicyclic) bond motifs is 1. The highest BCUT2D eigenvalue weighted by Gasteiger charge is 2.33. The van der Waals surface area contributed by atoms with Crippen molar-refractivity contribution in [3.63, 3.8) is 0 Å². The van der Waals surface area contributed by atoms with Crippen LogP contribution in [0.3, 0.4) is 0 Å². The number of aliphatic hydroxyl groups is 1. The molecule has 0 bridgehead atoms. The summed E-state index contributed by atoms with van der Waals surface area (Å²) in [5.74, 6) is 0.288. The molecule has 11 heteroatoms. The van der Waals surface area contributed by atoms with Gasteiger partial charge in [-0.15, -0.1) is 11.3 Å². The van der Waals surface area contributed by atoms with Crippen LogP contribution >= 0.6 is 11.3 Å². The van der Waals surface area contributed by atoms with Crippen LogP contribution in [-0.2, 0) is 4.74 Å². The summed E-state index contributed by atoms with van der Waals surface area (Å²) in [6, 6.07) is 3.09. The number of halogens is 1. The second-order valence-corrected chi connectivity index (χ2v) is 11.5. The number of pyridine rings is 1. The lowest BCUT2D eigenvalue weighted by Gasteiger charge is -2.40. The Labute approximate surface area is 214 Å². The van der Waals surface area contributed by atoms with E-state index in [-0.39, 0.29) is 12.1 Å². The van der Waals surface area contributed by atoms with Crippen LogP contribution in [-0.4, -0.2) is 56.3 Å². The minimum absolute atomic E-state index is 0.283. The van der Waals surface area contributed by atoms with Crippen molar-refractivity contribution in [2.45, 2.75) is 58.9 Å². The lowest BCUT2D eigenvalue weighted by Crippen LogP contribution is -2.52. The Bertz CT molecular complexity index is 1220. The molecule has 4 rings (SSSR count). The Balaban J connectivity index is 1.37. The van der Waals surface area contributed by atoms with Crippen molar-refractivity contribution in [3.05, 3.63) is 46.5 Å². The van der Waals surface area contributed by atoms with E-state index in [1.54, 1.807) is 11.1 Å². The van der Waals surface area contributed by atoms with Crippen LogP contribution < -0.4 is 10.6 Å². The number of carbonyl (C=O) groups is 1. The van der Waals surface area contributed by atoms with Crippen molar-refractivity contribution >= 4 is 33.6 Å². The van der Waals surface area contributed by atoms with Gasteiger partial charge in [0, 0.05) is 24.2 Å². The SMILES string of the molecule is Cc1cc2nc(NC(C)c3cncc(F)c3)nc(C(O)NCCC3CN(C(=O)OC(C)(C)C)C3)c2s1. The van der Waals surface area contributed by atoms with E-state index in [0.29, 0.717) is 42.8 Å². The average molecular weight is 517 g/mol. The molecule has 36 heavy (non-hydrogen) atoms. The fourth-order valence-electron chi connectivity index (χ4n) is 4.01. The number of ether oxygens (including phenoxy) is 1. The molecule has 0 radical (unpaired) electrons. The third-order valence-corrected chi connectivity index (χ3v) is 6.91. The third kappa shape index (κ3) is 6.45. The number of aromatic nitrogens is 3. The van der Waals surface area contributed by atoms with E-state index >= 15 is 0 Å². The molecule has 1 saturated heterocycles. The van der Waals surface area contributed by atoms with E-state index in [4.69, 9.17) is 4.74 Å². The summed E-state index contributed by atoms with van der Waals surface area (Å²) in [5, 5.41) is 17.3. The fourth-order valence-corrected chi connectivity index (χ4v) is 4.98. The molecule has 1 aliphatic rings. The Hall–Kier alpha value is -2.89. The first kappa shape index (κ1) is 26.2. The molecule has 0 saturated carbocycles. The average Bonchev–Trinajstić information content (AvgIpc) is 3.13. The standard InChI is InChI=1S/C25H33FN6O3S/c1-14-8-19-21(36-14)20(31-23(30-19)29-15(2)17-9-18(26)11-27-10-17)22(33)28-7-6-16-12-32(13-16)24(34)35-25(3,4)5/h8-11,15-16,22,28,33H,6-7,12-13H2,1-5H3,(H,29,30,31). The number of nitrogens with zero attached hydrogens (tertiary/aromatic N) is 4.